The number of hydrogen-bond acceptors (Lipinski definition) is 5. The number of carbonyl (C=O) groups excluding carboxylic acids is 1. The largest absolute Gasteiger partial charge is 0.348 e. The van der Waals surface area contributed by atoms with Crippen molar-refractivity contribution in [2.24, 2.45) is 7.05 Å². The molecule has 1 N–H and O–H groups in total. The van der Waals surface area contributed by atoms with Crippen molar-refractivity contribution in [3.8, 4) is 11.3 Å². The molecule has 3 heterocycles. The van der Waals surface area contributed by atoms with Gasteiger partial charge in [-0.3, -0.25) is 24.1 Å². The van der Waals surface area contributed by atoms with E-state index in [4.69, 9.17) is 0 Å². The highest BCUT2D eigenvalue weighted by molar-refractivity contribution is 6.04. The summed E-state index contributed by atoms with van der Waals surface area (Å²) in [5.74, 6) is -0.0979. The minimum absolute atomic E-state index is 0.0979. The van der Waals surface area contributed by atoms with Crippen molar-refractivity contribution < 1.29 is 4.79 Å². The summed E-state index contributed by atoms with van der Waals surface area (Å²) in [6.45, 7) is 0. The maximum absolute atomic E-state index is 12.8. The molecule has 0 atom stereocenters. The minimum Gasteiger partial charge on any atom is -0.348 e. The Morgan fingerprint density at radius 1 is 1.10 bits per heavy atom. The zero-order chi connectivity index (χ0) is 20.5. The van der Waals surface area contributed by atoms with Gasteiger partial charge >= 0.3 is 0 Å². The van der Waals surface area contributed by atoms with Crippen LogP contribution in [-0.4, -0.2) is 41.5 Å². The summed E-state index contributed by atoms with van der Waals surface area (Å²) in [7, 11) is 1.86. The summed E-state index contributed by atoms with van der Waals surface area (Å²) in [6.07, 6.45) is 12.7. The van der Waals surface area contributed by atoms with Crippen molar-refractivity contribution >= 4 is 16.8 Å². The van der Waals surface area contributed by atoms with Gasteiger partial charge in [0.25, 0.3) is 5.91 Å². The second-order valence-electron chi connectivity index (χ2n) is 7.77. The molecule has 0 bridgehead atoms. The number of amides is 1. The average molecular weight is 401 g/mol. The highest BCUT2D eigenvalue weighted by Gasteiger charge is 2.26. The Morgan fingerprint density at radius 2 is 1.93 bits per heavy atom. The van der Waals surface area contributed by atoms with Gasteiger partial charge in [0, 0.05) is 42.6 Å². The Hall–Kier alpha value is -3.55. The van der Waals surface area contributed by atoms with E-state index in [1.165, 1.54) is 0 Å². The average Bonchev–Trinajstić information content (AvgIpc) is 3.41. The Morgan fingerprint density at radius 3 is 2.73 bits per heavy atom. The van der Waals surface area contributed by atoms with Crippen LogP contribution in [0.15, 0.2) is 55.2 Å². The fourth-order valence-electron chi connectivity index (χ4n) is 4.24. The zero-order valence-electron chi connectivity index (χ0n) is 16.8. The topological polar surface area (TPSA) is 90.5 Å². The first-order valence-electron chi connectivity index (χ1n) is 10.2. The predicted octanol–water partition coefficient (Wildman–Crippen LogP) is 3.14. The van der Waals surface area contributed by atoms with E-state index < -0.39 is 0 Å². The summed E-state index contributed by atoms with van der Waals surface area (Å²) >= 11 is 0. The maximum Gasteiger partial charge on any atom is 0.272 e. The van der Waals surface area contributed by atoms with E-state index in [0.717, 1.165) is 47.8 Å². The predicted molar refractivity (Wildman–Crippen MR) is 113 cm³/mol. The van der Waals surface area contributed by atoms with E-state index in [9.17, 15) is 4.79 Å². The molecule has 1 aromatic carbocycles. The van der Waals surface area contributed by atoms with Gasteiger partial charge in [-0.05, 0) is 31.7 Å². The van der Waals surface area contributed by atoms with Gasteiger partial charge in [-0.25, -0.2) is 0 Å². The molecule has 3 aromatic heterocycles. The van der Waals surface area contributed by atoms with Crippen LogP contribution in [0.2, 0.25) is 0 Å². The van der Waals surface area contributed by atoms with Crippen molar-refractivity contribution in [3.05, 3.63) is 60.9 Å². The number of benzene rings is 1. The van der Waals surface area contributed by atoms with Crippen LogP contribution in [0, 0.1) is 0 Å². The summed E-state index contributed by atoms with van der Waals surface area (Å²) in [5, 5.41) is 13.0. The Kier molecular flexibility index (Phi) is 4.74. The molecule has 152 valence electrons. The molecule has 0 spiro atoms. The number of hydrogen-bond donors (Lipinski definition) is 1. The maximum atomic E-state index is 12.8. The highest BCUT2D eigenvalue weighted by Crippen LogP contribution is 2.29. The fourth-order valence-corrected chi connectivity index (χ4v) is 4.24. The first-order chi connectivity index (χ1) is 14.7. The lowest BCUT2D eigenvalue weighted by molar-refractivity contribution is 0.0917. The Balaban J connectivity index is 1.22. The van der Waals surface area contributed by atoms with Crippen molar-refractivity contribution in [2.45, 2.75) is 37.8 Å². The quantitative estimate of drug-likeness (QED) is 0.567. The third kappa shape index (κ3) is 3.45. The normalized spacial score (nSPS) is 19.1. The molecular formula is C22H23N7O. The first kappa shape index (κ1) is 18.5. The van der Waals surface area contributed by atoms with Gasteiger partial charge in [0.15, 0.2) is 5.69 Å². The lowest BCUT2D eigenvalue weighted by atomic mass is 9.91. The summed E-state index contributed by atoms with van der Waals surface area (Å²) < 4.78 is 3.78. The van der Waals surface area contributed by atoms with Crippen molar-refractivity contribution in [2.75, 3.05) is 0 Å². The number of carbonyl (C=O) groups is 1. The van der Waals surface area contributed by atoms with Crippen LogP contribution < -0.4 is 5.32 Å². The molecule has 1 aliphatic carbocycles. The van der Waals surface area contributed by atoms with E-state index >= 15 is 0 Å². The summed E-state index contributed by atoms with van der Waals surface area (Å²) in [5.41, 5.74) is 3.26. The second-order valence-corrected chi connectivity index (χ2v) is 7.77. The monoisotopic (exact) mass is 401 g/mol. The number of nitrogens with zero attached hydrogens (tertiary/aromatic N) is 6. The van der Waals surface area contributed by atoms with Crippen molar-refractivity contribution in [1.29, 1.82) is 0 Å². The highest BCUT2D eigenvalue weighted by atomic mass is 16.2. The molecule has 0 radical (unpaired) electrons. The van der Waals surface area contributed by atoms with Crippen LogP contribution in [0.1, 0.15) is 42.2 Å². The molecule has 8 heteroatoms. The molecule has 30 heavy (non-hydrogen) atoms. The molecule has 1 fully saturated rings. The molecule has 0 unspecified atom stereocenters. The standard InChI is InChI=1S/C22H23N7O/c1-28-20-5-3-2-4-18(20)21(27-28)22(30)26-16-6-8-17(9-7-16)29-14-15(12-25-29)19-13-23-10-11-24-19/h2-5,10-14,16-17H,6-9H2,1H3,(H,26,30). The van der Waals surface area contributed by atoms with Gasteiger partial charge in [-0.1, -0.05) is 18.2 Å². The smallest absolute Gasteiger partial charge is 0.272 e. The van der Waals surface area contributed by atoms with E-state index in [0.29, 0.717) is 11.7 Å². The molecular weight excluding hydrogens is 378 g/mol. The van der Waals surface area contributed by atoms with Gasteiger partial charge in [0.2, 0.25) is 0 Å². The number of fused-ring (bicyclic) bond motifs is 1. The van der Waals surface area contributed by atoms with E-state index in [1.807, 2.05) is 48.4 Å². The lowest BCUT2D eigenvalue weighted by Crippen LogP contribution is -2.38. The minimum atomic E-state index is -0.0979. The zero-order valence-corrected chi connectivity index (χ0v) is 16.8. The van der Waals surface area contributed by atoms with Crippen LogP contribution in [0.25, 0.3) is 22.2 Å². The lowest BCUT2D eigenvalue weighted by Gasteiger charge is -2.29. The number of rotatable bonds is 4. The number of aromatic nitrogens is 6. The Labute approximate surface area is 174 Å². The third-order valence-corrected chi connectivity index (χ3v) is 5.84. The molecule has 8 nitrogen and oxygen atoms in total. The van der Waals surface area contributed by atoms with Gasteiger partial charge in [-0.2, -0.15) is 10.2 Å². The SMILES string of the molecule is Cn1nc(C(=O)NC2CCC(n3cc(-c4cnccn4)cn3)CC2)c2ccccc21. The number of aryl methyl sites for hydroxylation is 1. The van der Waals surface area contributed by atoms with E-state index in [1.54, 1.807) is 23.3 Å². The molecule has 5 rings (SSSR count). The van der Waals surface area contributed by atoms with Crippen LogP contribution in [0.4, 0.5) is 0 Å². The number of para-hydroxylation sites is 1. The molecule has 1 saturated carbocycles. The molecule has 0 aliphatic heterocycles. The second kappa shape index (κ2) is 7.70. The fraction of sp³-hybridized carbons (Fsp3) is 0.318. The number of nitrogens with one attached hydrogen (secondary N) is 1. The molecule has 0 saturated heterocycles. The van der Waals surface area contributed by atoms with Crippen LogP contribution in [0.3, 0.4) is 0 Å². The van der Waals surface area contributed by atoms with E-state index in [-0.39, 0.29) is 11.9 Å². The van der Waals surface area contributed by atoms with Gasteiger partial charge in [0.05, 0.1) is 29.6 Å². The first-order valence-corrected chi connectivity index (χ1v) is 10.2. The van der Waals surface area contributed by atoms with Gasteiger partial charge < -0.3 is 5.32 Å². The molecule has 4 aromatic rings. The summed E-state index contributed by atoms with van der Waals surface area (Å²) in [6, 6.07) is 8.30. The summed E-state index contributed by atoms with van der Waals surface area (Å²) in [4.78, 5) is 21.3. The van der Waals surface area contributed by atoms with Gasteiger partial charge in [0.1, 0.15) is 0 Å². The van der Waals surface area contributed by atoms with Gasteiger partial charge in [-0.15, -0.1) is 0 Å². The molecule has 1 amide bonds. The third-order valence-electron chi connectivity index (χ3n) is 5.84. The molecule has 1 aliphatic rings. The van der Waals surface area contributed by atoms with Crippen LogP contribution in [-0.2, 0) is 7.05 Å². The van der Waals surface area contributed by atoms with E-state index in [2.05, 4.69) is 25.5 Å². The van der Waals surface area contributed by atoms with Crippen molar-refractivity contribution in [3.63, 3.8) is 0 Å². The van der Waals surface area contributed by atoms with Crippen LogP contribution in [0.5, 0.6) is 0 Å². The van der Waals surface area contributed by atoms with Crippen LogP contribution >= 0.6 is 0 Å². The van der Waals surface area contributed by atoms with Crippen molar-refractivity contribution in [1.82, 2.24) is 34.8 Å². The Bertz CT molecular complexity index is 1170.